The molecule has 0 radical (unpaired) electrons. The van der Waals surface area contributed by atoms with E-state index in [4.69, 9.17) is 37.9 Å². The molecule has 0 amide bonds. The minimum absolute atomic E-state index is 0.459. The Balaban J connectivity index is 0.944. The fourth-order valence-corrected chi connectivity index (χ4v) is 21.3. The minimum Gasteiger partial charge on any atom is -0.495 e. The van der Waals surface area contributed by atoms with Crippen LogP contribution in [0.15, 0.2) is 194 Å². The summed E-state index contributed by atoms with van der Waals surface area (Å²) in [5.74, 6) is -6.58. The first-order chi connectivity index (χ1) is 58.5. The number of benzene rings is 8. The first kappa shape index (κ1) is 82.0. The van der Waals surface area contributed by atoms with Gasteiger partial charge in [-0.25, -0.2) is 35.1 Å². The summed E-state index contributed by atoms with van der Waals surface area (Å²) in [6, 6.07) is 53.1. The second kappa shape index (κ2) is 35.0. The zero-order valence-corrected chi connectivity index (χ0v) is 67.2. The lowest BCUT2D eigenvalue weighted by Gasteiger charge is -2.54. The molecule has 5 saturated heterocycles. The van der Waals surface area contributed by atoms with Crippen molar-refractivity contribution < 1.29 is 73.0 Å². The maximum Gasteiger partial charge on any atom is 0.165 e. The molecule has 4 aliphatic carbocycles. The van der Waals surface area contributed by atoms with Crippen molar-refractivity contribution in [2.45, 2.75) is 147 Å². The van der Waals surface area contributed by atoms with Crippen molar-refractivity contribution in [3.05, 3.63) is 194 Å². The summed E-state index contributed by atoms with van der Waals surface area (Å²) in [4.78, 5) is 0. The van der Waals surface area contributed by atoms with Crippen molar-refractivity contribution in [1.82, 2.24) is 42.5 Å². The van der Waals surface area contributed by atoms with Gasteiger partial charge in [0.2, 0.25) is 0 Å². The van der Waals surface area contributed by atoms with Crippen molar-refractivity contribution in [3.63, 3.8) is 0 Å². The molecule has 0 spiro atoms. The van der Waals surface area contributed by atoms with Gasteiger partial charge in [0.15, 0.2) is 24.7 Å². The van der Waals surface area contributed by atoms with Gasteiger partial charge in [0.25, 0.3) is 0 Å². The molecule has 17 rings (SSSR count). The van der Waals surface area contributed by atoms with E-state index >= 15 is 35.1 Å². The predicted molar refractivity (Wildman–Crippen MR) is 446 cm³/mol. The van der Waals surface area contributed by atoms with Gasteiger partial charge in [0.1, 0.15) is 70.7 Å². The second-order valence-corrected chi connectivity index (χ2v) is 32.3. The molecule has 8 bridgehead atoms. The van der Waals surface area contributed by atoms with Crippen LogP contribution in [0.25, 0.3) is 0 Å². The Kier molecular flexibility index (Phi) is 23.9. The molecule has 9 aliphatic rings. The van der Waals surface area contributed by atoms with Gasteiger partial charge in [-0.15, -0.1) is 0 Å². The minimum atomic E-state index is -2.98. The molecular formula is C88H104F8N16O8. The summed E-state index contributed by atoms with van der Waals surface area (Å²) in [5.41, 5.74) is 4.55. The molecule has 0 aromatic heterocycles. The van der Waals surface area contributed by atoms with E-state index in [1.54, 1.807) is 56.9 Å². The molecule has 32 atom stereocenters. The average molecular weight is 1670 g/mol. The topological polar surface area (TPSA) is 266 Å². The highest BCUT2D eigenvalue weighted by Crippen LogP contribution is 2.54. The van der Waals surface area contributed by atoms with Crippen LogP contribution >= 0.6 is 0 Å². The molecule has 32 heteroatoms. The van der Waals surface area contributed by atoms with Gasteiger partial charge in [-0.3, -0.25) is 42.5 Å². The zero-order valence-electron chi connectivity index (χ0n) is 67.2. The molecular weight excluding hydrogens is 1560 g/mol. The van der Waals surface area contributed by atoms with Gasteiger partial charge < -0.3 is 80.4 Å². The summed E-state index contributed by atoms with van der Waals surface area (Å²) in [5, 5.41) is 62.2. The number of rotatable bonds is 24. The molecule has 120 heavy (non-hydrogen) atoms. The molecule has 8 aromatic carbocycles. The summed E-state index contributed by atoms with van der Waals surface area (Å²) in [6.07, 6.45) is -33.2. The van der Waals surface area contributed by atoms with E-state index in [2.05, 4.69) is 85.1 Å². The molecule has 9 fully saturated rings. The first-order valence-electron chi connectivity index (χ1n) is 40.9. The van der Waals surface area contributed by atoms with Gasteiger partial charge in [-0.1, -0.05) is 97.1 Å². The Morgan fingerprint density at radius 3 is 0.442 bits per heavy atom. The van der Waals surface area contributed by atoms with Gasteiger partial charge in [-0.05, 0) is 97.1 Å². The van der Waals surface area contributed by atoms with Crippen LogP contribution in [0.4, 0.5) is 80.6 Å². The lowest BCUT2D eigenvalue weighted by atomic mass is 9.65. The SMILES string of the molecule is COc1ccccc1NC1C(Nc2ccccc2OC)C(Nc2ccccc2OC)C2C3NC(NC4NC(NC5NC(NC6NC(N3)C3C(Nc7ccccc7OC)C(Nc7ccccc7OC)C(Nc7ccccc7OC)C(Nc7ccccc7OC)C63)C3C(F)C(F)C(F)C(F)C53)C3C(F)C(F)C(F)C(F)C43)C2C1Nc1ccccc1OC. The fourth-order valence-electron chi connectivity index (χ4n) is 21.3. The number of halogens is 8. The van der Waals surface area contributed by atoms with Crippen LogP contribution in [0.1, 0.15) is 0 Å². The number of nitrogens with one attached hydrogen (secondary N) is 16. The van der Waals surface area contributed by atoms with E-state index in [1.165, 1.54) is 0 Å². The van der Waals surface area contributed by atoms with Crippen molar-refractivity contribution in [2.24, 2.45) is 47.3 Å². The van der Waals surface area contributed by atoms with E-state index in [0.717, 1.165) is 0 Å². The van der Waals surface area contributed by atoms with Crippen LogP contribution in [0.5, 0.6) is 46.0 Å². The van der Waals surface area contributed by atoms with Gasteiger partial charge >= 0.3 is 0 Å². The first-order valence-corrected chi connectivity index (χ1v) is 40.9. The molecule has 32 unspecified atom stereocenters. The van der Waals surface area contributed by atoms with Gasteiger partial charge in [0.05, 0.1) is 200 Å². The number of hydrogen-bond donors (Lipinski definition) is 16. The number of para-hydroxylation sites is 16. The number of anilines is 8. The van der Waals surface area contributed by atoms with Crippen molar-refractivity contribution in [1.29, 1.82) is 0 Å². The number of hydrogen-bond acceptors (Lipinski definition) is 24. The Morgan fingerprint density at radius 1 is 0.175 bits per heavy atom. The van der Waals surface area contributed by atoms with E-state index < -0.39 is 194 Å². The monoisotopic (exact) mass is 1660 g/mol. The normalized spacial score (nSPS) is 36.4. The van der Waals surface area contributed by atoms with E-state index in [1.807, 2.05) is 194 Å². The molecule has 16 N–H and O–H groups in total. The average Bonchev–Trinajstić information content (AvgIpc) is 1.52. The smallest absolute Gasteiger partial charge is 0.165 e. The Morgan fingerprint density at radius 2 is 0.300 bits per heavy atom. The van der Waals surface area contributed by atoms with Gasteiger partial charge in [0, 0.05) is 47.3 Å². The summed E-state index contributed by atoms with van der Waals surface area (Å²) < 4.78 is 189. The van der Waals surface area contributed by atoms with Crippen LogP contribution in [0.3, 0.4) is 0 Å². The summed E-state index contributed by atoms with van der Waals surface area (Å²) >= 11 is 0. The molecule has 24 nitrogen and oxygen atoms in total. The lowest BCUT2D eigenvalue weighted by Crippen LogP contribution is -2.72. The van der Waals surface area contributed by atoms with Crippen molar-refractivity contribution in [2.75, 3.05) is 99.4 Å². The Bertz CT molecular complexity index is 4550. The molecule has 4 saturated carbocycles. The van der Waals surface area contributed by atoms with Crippen molar-refractivity contribution in [3.8, 4) is 46.0 Å². The highest BCUT2D eigenvalue weighted by atomic mass is 19.2. The number of ether oxygens (including phenoxy) is 8. The Hall–Kier alpha value is -10.3. The molecule has 8 aromatic rings. The predicted octanol–water partition coefficient (Wildman–Crippen LogP) is 11.0. The highest BCUT2D eigenvalue weighted by molar-refractivity contribution is 5.68. The quantitative estimate of drug-likeness (QED) is 0.0251. The molecule has 5 aliphatic heterocycles. The number of alkyl halides is 8. The summed E-state index contributed by atoms with van der Waals surface area (Å²) in [6.45, 7) is 0. The maximum atomic E-state index is 18.0. The van der Waals surface area contributed by atoms with Crippen LogP contribution < -0.4 is 123 Å². The van der Waals surface area contributed by atoms with Crippen LogP contribution in [-0.4, -0.2) is 204 Å². The third-order valence-corrected chi connectivity index (χ3v) is 26.4. The molecule has 640 valence electrons. The lowest BCUT2D eigenvalue weighted by molar-refractivity contribution is -0.0871. The van der Waals surface area contributed by atoms with Crippen LogP contribution in [0.2, 0.25) is 0 Å². The maximum absolute atomic E-state index is 18.0. The molecule has 5 heterocycles. The van der Waals surface area contributed by atoms with E-state index in [-0.39, 0.29) is 0 Å². The number of fused-ring (bicyclic) bond motifs is 20. The van der Waals surface area contributed by atoms with Crippen LogP contribution in [-0.2, 0) is 0 Å². The van der Waals surface area contributed by atoms with Crippen molar-refractivity contribution >= 4 is 45.5 Å². The zero-order chi connectivity index (χ0) is 83.3. The third-order valence-electron chi connectivity index (χ3n) is 26.4. The largest absolute Gasteiger partial charge is 0.495 e. The highest BCUT2D eigenvalue weighted by Gasteiger charge is 2.69. The second-order valence-electron chi connectivity index (χ2n) is 32.3. The van der Waals surface area contributed by atoms with Crippen LogP contribution in [0, 0.1) is 47.3 Å². The Labute approximate surface area is 691 Å². The summed E-state index contributed by atoms with van der Waals surface area (Å²) in [7, 11) is 12.6. The fraction of sp³-hybridized carbons (Fsp3) is 0.455. The standard InChI is InChI=1S/C88H104F8N16O8/c1-113-49-33-17-9-25-41(49)97-73-61-63(75(99-43-27-11-19-35-51(43)115-3)79(103-47-31-15-23-39-55(47)119-7)77(73)101-45-29-13-21-37-53(45)117-5)87-110-85(61)108-83-59-57(65(89)69(93)71(95)67(59)91)81(106-83)105-82-58-60(68(92)72(96)70(94)66(58)90)84(107-82)109-86-62-64(88(111-86)112-87)76(100-44-28-12-20-36-52(44)116-4)80(104-48-32-16-24-40-56(48)120-8)78(102-46-30-14-22-38-54(46)118-6)74(62)98-42-26-10-18-34-50(42)114-2/h9-40,57-88,97-112H,1-8H3. The third kappa shape index (κ3) is 15.0. The van der Waals surface area contributed by atoms with E-state index in [9.17, 15) is 0 Å². The number of methoxy groups -OCH3 is 8. The van der Waals surface area contributed by atoms with Gasteiger partial charge in [-0.2, -0.15) is 0 Å². The van der Waals surface area contributed by atoms with E-state index in [0.29, 0.717) is 91.5 Å².